The fourth-order valence-corrected chi connectivity index (χ4v) is 2.60. The number of ether oxygens (including phenoxy) is 1. The number of hydrogen-bond acceptors (Lipinski definition) is 2. The molecule has 2 aromatic rings. The Labute approximate surface area is 142 Å². The normalized spacial score (nSPS) is 11.3. The predicted molar refractivity (Wildman–Crippen MR) is 95.6 cm³/mol. The van der Waals surface area contributed by atoms with Gasteiger partial charge in [0, 0.05) is 22.3 Å². The molecule has 0 bridgehead atoms. The van der Waals surface area contributed by atoms with Crippen LogP contribution in [0.5, 0.6) is 5.75 Å². The molecule has 0 saturated heterocycles. The van der Waals surface area contributed by atoms with Crippen molar-refractivity contribution in [2.75, 3.05) is 18.5 Å². The van der Waals surface area contributed by atoms with Gasteiger partial charge in [0.15, 0.2) is 0 Å². The van der Waals surface area contributed by atoms with Crippen LogP contribution >= 0.6 is 23.2 Å². The van der Waals surface area contributed by atoms with Gasteiger partial charge in [-0.1, -0.05) is 56.1 Å². The second-order valence-corrected chi connectivity index (χ2v) is 7.08. The van der Waals surface area contributed by atoms with Crippen LogP contribution in [-0.4, -0.2) is 13.2 Å². The van der Waals surface area contributed by atoms with E-state index in [-0.39, 0.29) is 5.41 Å². The van der Waals surface area contributed by atoms with E-state index in [1.807, 2.05) is 24.3 Å². The van der Waals surface area contributed by atoms with E-state index in [1.54, 1.807) is 6.07 Å². The zero-order valence-electron chi connectivity index (χ0n) is 13.1. The van der Waals surface area contributed by atoms with Crippen LogP contribution in [0, 0.1) is 0 Å². The first kappa shape index (κ1) is 17.0. The van der Waals surface area contributed by atoms with E-state index in [0.717, 1.165) is 11.4 Å². The largest absolute Gasteiger partial charge is 0.492 e. The van der Waals surface area contributed by atoms with Crippen LogP contribution in [0.2, 0.25) is 10.0 Å². The van der Waals surface area contributed by atoms with E-state index in [9.17, 15) is 0 Å². The minimum Gasteiger partial charge on any atom is -0.492 e. The van der Waals surface area contributed by atoms with E-state index >= 15 is 0 Å². The first-order valence-corrected chi connectivity index (χ1v) is 8.03. The average molecular weight is 338 g/mol. The van der Waals surface area contributed by atoms with Crippen LogP contribution in [0.4, 0.5) is 5.69 Å². The molecule has 0 fully saturated rings. The molecule has 0 radical (unpaired) electrons. The predicted octanol–water partition coefficient (Wildman–Crippen LogP) is 5.78. The Hall–Kier alpha value is -1.38. The van der Waals surface area contributed by atoms with Gasteiger partial charge in [0.25, 0.3) is 0 Å². The molecular weight excluding hydrogens is 317 g/mol. The lowest BCUT2D eigenvalue weighted by Gasteiger charge is -2.19. The number of nitrogens with one attached hydrogen (secondary N) is 1. The van der Waals surface area contributed by atoms with Gasteiger partial charge in [-0.25, -0.2) is 0 Å². The maximum Gasteiger partial charge on any atom is 0.119 e. The van der Waals surface area contributed by atoms with Crippen molar-refractivity contribution in [2.24, 2.45) is 0 Å². The molecule has 0 aromatic heterocycles. The van der Waals surface area contributed by atoms with Crippen molar-refractivity contribution in [2.45, 2.75) is 26.2 Å². The lowest BCUT2D eigenvalue weighted by Crippen LogP contribution is -2.12. The first-order valence-electron chi connectivity index (χ1n) is 7.28. The van der Waals surface area contributed by atoms with Crippen LogP contribution in [0.3, 0.4) is 0 Å². The molecule has 2 aromatic carbocycles. The van der Waals surface area contributed by atoms with E-state index in [2.05, 4.69) is 38.2 Å². The quantitative estimate of drug-likeness (QED) is 0.698. The van der Waals surface area contributed by atoms with Crippen molar-refractivity contribution >= 4 is 28.9 Å². The molecule has 4 heteroatoms. The van der Waals surface area contributed by atoms with Gasteiger partial charge in [-0.3, -0.25) is 0 Å². The summed E-state index contributed by atoms with van der Waals surface area (Å²) in [6.45, 7) is 7.84. The Bertz CT molecular complexity index is 598. The van der Waals surface area contributed by atoms with Crippen molar-refractivity contribution in [3.8, 4) is 5.75 Å². The molecule has 0 aliphatic carbocycles. The second-order valence-electron chi connectivity index (χ2n) is 6.21. The van der Waals surface area contributed by atoms with Crippen molar-refractivity contribution in [3.05, 3.63) is 58.1 Å². The highest BCUT2D eigenvalue weighted by Crippen LogP contribution is 2.24. The van der Waals surface area contributed by atoms with Gasteiger partial charge in [0.05, 0.1) is 0 Å². The third kappa shape index (κ3) is 5.11. The van der Waals surface area contributed by atoms with Gasteiger partial charge < -0.3 is 10.1 Å². The summed E-state index contributed by atoms with van der Waals surface area (Å²) in [4.78, 5) is 0. The molecule has 2 rings (SSSR count). The first-order chi connectivity index (χ1) is 10.3. The molecule has 0 heterocycles. The van der Waals surface area contributed by atoms with Crippen LogP contribution < -0.4 is 10.1 Å². The minimum atomic E-state index is 0.159. The molecule has 0 saturated carbocycles. The topological polar surface area (TPSA) is 21.3 Å². The molecule has 0 amide bonds. The molecule has 0 aliphatic heterocycles. The number of anilines is 1. The fraction of sp³-hybridized carbons (Fsp3) is 0.333. The van der Waals surface area contributed by atoms with Crippen LogP contribution in [0.15, 0.2) is 42.5 Å². The fourth-order valence-electron chi connectivity index (χ4n) is 2.07. The average Bonchev–Trinajstić information content (AvgIpc) is 2.42. The second kappa shape index (κ2) is 7.26. The standard InChI is InChI=1S/C18H21Cl2NO/c1-18(2,3)13-4-6-17(7-5-13)22-9-8-21-16-11-14(19)10-15(20)12-16/h4-7,10-12,21H,8-9H2,1-3H3. The SMILES string of the molecule is CC(C)(C)c1ccc(OCCNc2cc(Cl)cc(Cl)c2)cc1. The lowest BCUT2D eigenvalue weighted by atomic mass is 9.87. The highest BCUT2D eigenvalue weighted by atomic mass is 35.5. The monoisotopic (exact) mass is 337 g/mol. The minimum absolute atomic E-state index is 0.159. The Morgan fingerprint density at radius 3 is 2.09 bits per heavy atom. The number of rotatable bonds is 5. The van der Waals surface area contributed by atoms with Crippen LogP contribution in [0.1, 0.15) is 26.3 Å². The molecule has 1 N–H and O–H groups in total. The zero-order chi connectivity index (χ0) is 16.2. The summed E-state index contributed by atoms with van der Waals surface area (Å²) in [6, 6.07) is 13.6. The number of benzene rings is 2. The maximum absolute atomic E-state index is 5.95. The molecule has 118 valence electrons. The molecule has 2 nitrogen and oxygen atoms in total. The maximum atomic E-state index is 5.95. The van der Waals surface area contributed by atoms with Crippen molar-refractivity contribution in [3.63, 3.8) is 0 Å². The third-order valence-electron chi connectivity index (χ3n) is 3.28. The number of halogens is 2. The summed E-state index contributed by atoms with van der Waals surface area (Å²) >= 11 is 11.9. The van der Waals surface area contributed by atoms with Crippen molar-refractivity contribution < 1.29 is 4.74 Å². The number of hydrogen-bond donors (Lipinski definition) is 1. The van der Waals surface area contributed by atoms with Gasteiger partial charge in [0.2, 0.25) is 0 Å². The van der Waals surface area contributed by atoms with E-state index in [0.29, 0.717) is 23.2 Å². The highest BCUT2D eigenvalue weighted by molar-refractivity contribution is 6.35. The van der Waals surface area contributed by atoms with Crippen molar-refractivity contribution in [1.29, 1.82) is 0 Å². The molecule has 0 aliphatic rings. The Balaban J connectivity index is 1.81. The third-order valence-corrected chi connectivity index (χ3v) is 3.72. The molecule has 0 unspecified atom stereocenters. The summed E-state index contributed by atoms with van der Waals surface area (Å²) in [7, 11) is 0. The molecular formula is C18H21Cl2NO. The Morgan fingerprint density at radius 1 is 0.955 bits per heavy atom. The zero-order valence-corrected chi connectivity index (χ0v) is 14.6. The van der Waals surface area contributed by atoms with Gasteiger partial charge in [-0.15, -0.1) is 0 Å². The Morgan fingerprint density at radius 2 is 1.55 bits per heavy atom. The van der Waals surface area contributed by atoms with Crippen LogP contribution in [0.25, 0.3) is 0 Å². The summed E-state index contributed by atoms with van der Waals surface area (Å²) in [6.07, 6.45) is 0. The molecule has 0 atom stereocenters. The smallest absolute Gasteiger partial charge is 0.119 e. The Kier molecular flexibility index (Phi) is 5.60. The van der Waals surface area contributed by atoms with Gasteiger partial charge >= 0.3 is 0 Å². The van der Waals surface area contributed by atoms with E-state index in [4.69, 9.17) is 27.9 Å². The lowest BCUT2D eigenvalue weighted by molar-refractivity contribution is 0.332. The highest BCUT2D eigenvalue weighted by Gasteiger charge is 2.12. The van der Waals surface area contributed by atoms with Gasteiger partial charge in [-0.2, -0.15) is 0 Å². The van der Waals surface area contributed by atoms with Gasteiger partial charge in [-0.05, 0) is 41.3 Å². The summed E-state index contributed by atoms with van der Waals surface area (Å²) < 4.78 is 5.73. The van der Waals surface area contributed by atoms with Gasteiger partial charge in [0.1, 0.15) is 12.4 Å². The molecule has 0 spiro atoms. The van der Waals surface area contributed by atoms with E-state index < -0.39 is 0 Å². The molecule has 22 heavy (non-hydrogen) atoms. The summed E-state index contributed by atoms with van der Waals surface area (Å²) in [5, 5.41) is 4.48. The van der Waals surface area contributed by atoms with E-state index in [1.165, 1.54) is 5.56 Å². The summed E-state index contributed by atoms with van der Waals surface area (Å²) in [5.41, 5.74) is 2.35. The van der Waals surface area contributed by atoms with Crippen molar-refractivity contribution in [1.82, 2.24) is 0 Å². The summed E-state index contributed by atoms with van der Waals surface area (Å²) in [5.74, 6) is 0.874. The van der Waals surface area contributed by atoms with Crippen LogP contribution in [-0.2, 0) is 5.41 Å².